The summed E-state index contributed by atoms with van der Waals surface area (Å²) in [6.45, 7) is 3.21. The molecule has 174 valence electrons. The molecule has 4 aromatic rings. The summed E-state index contributed by atoms with van der Waals surface area (Å²) >= 11 is 1.74. The van der Waals surface area contributed by atoms with Gasteiger partial charge in [-0.25, -0.2) is 19.9 Å². The molecule has 0 aliphatic carbocycles. The van der Waals surface area contributed by atoms with E-state index in [-0.39, 0.29) is 5.25 Å². The van der Waals surface area contributed by atoms with Gasteiger partial charge in [0.15, 0.2) is 5.75 Å². The van der Waals surface area contributed by atoms with Crippen LogP contribution in [0.4, 0.5) is 5.82 Å². The van der Waals surface area contributed by atoms with E-state index in [0.29, 0.717) is 31.7 Å². The molecule has 0 saturated carbocycles. The van der Waals surface area contributed by atoms with E-state index in [9.17, 15) is 0 Å². The molecule has 34 heavy (non-hydrogen) atoms. The van der Waals surface area contributed by atoms with Crippen LogP contribution in [0.15, 0.2) is 49.2 Å². The highest BCUT2D eigenvalue weighted by Crippen LogP contribution is 2.39. The van der Waals surface area contributed by atoms with E-state index in [4.69, 9.17) is 19.2 Å². The van der Waals surface area contributed by atoms with Crippen molar-refractivity contribution in [1.82, 2.24) is 24.5 Å². The second-order valence-electron chi connectivity index (χ2n) is 8.18. The Balaban J connectivity index is 1.20. The minimum Gasteiger partial charge on any atom is -0.484 e. The smallest absolute Gasteiger partial charge is 0.257 e. The summed E-state index contributed by atoms with van der Waals surface area (Å²) in [7, 11) is 0. The first-order chi connectivity index (χ1) is 16.8. The van der Waals surface area contributed by atoms with Gasteiger partial charge in [-0.15, -0.1) is 0 Å². The molecule has 0 radical (unpaired) electrons. The fraction of sp³-hybridized carbons (Fsp3) is 0.333. The van der Waals surface area contributed by atoms with Crippen molar-refractivity contribution in [3.63, 3.8) is 0 Å². The minimum absolute atomic E-state index is 0.144. The molecular weight excluding hydrogens is 452 g/mol. The SMILES string of the molecule is CSC(CNc1cc(-c2cnc3c(ccn3C3COC3)c2)ncn1)c1ccnc2c1OCCO2. The Kier molecular flexibility index (Phi) is 5.68. The van der Waals surface area contributed by atoms with Crippen LogP contribution in [-0.2, 0) is 4.74 Å². The van der Waals surface area contributed by atoms with Crippen molar-refractivity contribution >= 4 is 28.6 Å². The van der Waals surface area contributed by atoms with Crippen molar-refractivity contribution < 1.29 is 14.2 Å². The first-order valence-corrected chi connectivity index (χ1v) is 12.5. The summed E-state index contributed by atoms with van der Waals surface area (Å²) in [6.07, 6.45) is 9.38. The molecule has 1 atom stereocenters. The Morgan fingerprint density at radius 1 is 1.12 bits per heavy atom. The second kappa shape index (κ2) is 9.11. The molecular formula is C24H24N6O3S. The predicted molar refractivity (Wildman–Crippen MR) is 131 cm³/mol. The van der Waals surface area contributed by atoms with Gasteiger partial charge in [0.25, 0.3) is 5.88 Å². The fourth-order valence-corrected chi connectivity index (χ4v) is 4.91. The molecule has 2 aliphatic heterocycles. The van der Waals surface area contributed by atoms with Crippen molar-refractivity contribution in [2.75, 3.05) is 44.5 Å². The summed E-state index contributed by atoms with van der Waals surface area (Å²) in [5, 5.41) is 4.69. The molecule has 1 unspecified atom stereocenters. The van der Waals surface area contributed by atoms with Crippen molar-refractivity contribution in [1.29, 1.82) is 0 Å². The van der Waals surface area contributed by atoms with Crippen LogP contribution in [0.3, 0.4) is 0 Å². The van der Waals surface area contributed by atoms with Gasteiger partial charge in [-0.3, -0.25) is 0 Å². The summed E-state index contributed by atoms with van der Waals surface area (Å²) in [5.41, 5.74) is 3.82. The Morgan fingerprint density at radius 2 is 2.03 bits per heavy atom. The molecule has 0 bridgehead atoms. The van der Waals surface area contributed by atoms with E-state index in [2.05, 4.69) is 49.4 Å². The van der Waals surface area contributed by atoms with E-state index in [1.807, 2.05) is 18.3 Å². The molecule has 0 amide bonds. The number of hydrogen-bond donors (Lipinski definition) is 1. The highest BCUT2D eigenvalue weighted by Gasteiger charge is 2.24. The van der Waals surface area contributed by atoms with Crippen LogP contribution in [0, 0.1) is 0 Å². The van der Waals surface area contributed by atoms with Gasteiger partial charge in [-0.2, -0.15) is 11.8 Å². The van der Waals surface area contributed by atoms with E-state index in [1.165, 1.54) is 0 Å². The van der Waals surface area contributed by atoms with Gasteiger partial charge >= 0.3 is 0 Å². The average Bonchev–Trinajstić information content (AvgIpc) is 3.26. The number of anilines is 1. The van der Waals surface area contributed by atoms with Crippen molar-refractivity contribution in [3.8, 4) is 22.9 Å². The van der Waals surface area contributed by atoms with Crippen LogP contribution < -0.4 is 14.8 Å². The number of aromatic nitrogens is 5. The quantitative estimate of drug-likeness (QED) is 0.428. The monoisotopic (exact) mass is 476 g/mol. The Hall–Kier alpha value is -3.37. The van der Waals surface area contributed by atoms with E-state index in [0.717, 1.165) is 52.6 Å². The third-order valence-electron chi connectivity index (χ3n) is 6.10. The maximum atomic E-state index is 5.86. The molecule has 4 aromatic heterocycles. The lowest BCUT2D eigenvalue weighted by Gasteiger charge is -2.27. The van der Waals surface area contributed by atoms with Crippen molar-refractivity contribution in [2.45, 2.75) is 11.3 Å². The number of hydrogen-bond acceptors (Lipinski definition) is 9. The molecule has 0 spiro atoms. The first kappa shape index (κ1) is 21.2. The number of rotatable bonds is 7. The zero-order valence-corrected chi connectivity index (χ0v) is 19.5. The number of thioether (sulfide) groups is 1. The van der Waals surface area contributed by atoms with Crippen molar-refractivity contribution in [2.24, 2.45) is 0 Å². The Bertz CT molecular complexity index is 1330. The third kappa shape index (κ3) is 3.92. The van der Waals surface area contributed by atoms with E-state index in [1.54, 1.807) is 24.3 Å². The standard InChI is InChI=1S/C24H24N6O3S/c1-34-20(18-2-4-25-24-22(18)32-6-7-33-24)11-26-21-9-19(28-14-29-21)16-8-15-3-5-30(17-12-31-13-17)23(15)27-10-16/h2-5,8-10,14,17,20H,6-7,11-13H2,1H3,(H,26,28,29). The molecule has 6 rings (SSSR count). The van der Waals surface area contributed by atoms with E-state index < -0.39 is 0 Å². The Labute approximate surface area is 200 Å². The average molecular weight is 477 g/mol. The van der Waals surface area contributed by atoms with Gasteiger partial charge in [0.1, 0.15) is 31.0 Å². The largest absolute Gasteiger partial charge is 0.484 e. The van der Waals surface area contributed by atoms with Gasteiger partial charge in [0.2, 0.25) is 0 Å². The van der Waals surface area contributed by atoms with E-state index >= 15 is 0 Å². The van der Waals surface area contributed by atoms with Gasteiger partial charge < -0.3 is 24.1 Å². The summed E-state index contributed by atoms with van der Waals surface area (Å²) in [4.78, 5) is 17.9. The van der Waals surface area contributed by atoms with Gasteiger partial charge in [-0.05, 0) is 24.5 Å². The molecule has 1 N–H and O–H groups in total. The van der Waals surface area contributed by atoms with Crippen LogP contribution in [0.1, 0.15) is 16.9 Å². The minimum atomic E-state index is 0.144. The summed E-state index contributed by atoms with van der Waals surface area (Å²) in [5.74, 6) is 2.06. The second-order valence-corrected chi connectivity index (χ2v) is 9.22. The Morgan fingerprint density at radius 3 is 2.88 bits per heavy atom. The molecule has 1 saturated heterocycles. The zero-order chi connectivity index (χ0) is 22.9. The van der Waals surface area contributed by atoms with Crippen LogP contribution in [0.25, 0.3) is 22.3 Å². The maximum absolute atomic E-state index is 5.86. The first-order valence-electron chi connectivity index (χ1n) is 11.2. The molecule has 1 fully saturated rings. The molecule has 0 aromatic carbocycles. The van der Waals surface area contributed by atoms with Gasteiger partial charge in [-0.1, -0.05) is 0 Å². The number of nitrogens with one attached hydrogen (secondary N) is 1. The van der Waals surface area contributed by atoms with Crippen molar-refractivity contribution in [3.05, 3.63) is 54.7 Å². The lowest BCUT2D eigenvalue weighted by atomic mass is 10.1. The maximum Gasteiger partial charge on any atom is 0.257 e. The lowest BCUT2D eigenvalue weighted by Crippen LogP contribution is -2.30. The molecule has 10 heteroatoms. The van der Waals surface area contributed by atoms with Crippen LogP contribution in [0.2, 0.25) is 0 Å². The van der Waals surface area contributed by atoms with Gasteiger partial charge in [0.05, 0.1) is 30.2 Å². The normalized spacial score (nSPS) is 16.3. The zero-order valence-electron chi connectivity index (χ0n) is 18.7. The fourth-order valence-electron chi connectivity index (χ4n) is 4.22. The summed E-state index contributed by atoms with van der Waals surface area (Å²) in [6, 6.07) is 8.53. The molecule has 9 nitrogen and oxygen atoms in total. The predicted octanol–water partition coefficient (Wildman–Crippen LogP) is 3.75. The van der Waals surface area contributed by atoms with Gasteiger partial charge in [0, 0.05) is 47.7 Å². The lowest BCUT2D eigenvalue weighted by molar-refractivity contribution is -0.0216. The number of pyridine rings is 2. The van der Waals surface area contributed by atoms with Crippen LogP contribution in [0.5, 0.6) is 11.6 Å². The summed E-state index contributed by atoms with van der Waals surface area (Å²) < 4.78 is 19.0. The number of nitrogens with zero attached hydrogens (tertiary/aromatic N) is 5. The topological polar surface area (TPSA) is 96.2 Å². The highest BCUT2D eigenvalue weighted by atomic mass is 32.2. The third-order valence-corrected chi connectivity index (χ3v) is 7.09. The molecule has 2 aliphatic rings. The highest BCUT2D eigenvalue weighted by molar-refractivity contribution is 7.98. The number of ether oxygens (including phenoxy) is 3. The van der Waals surface area contributed by atoms with Crippen LogP contribution >= 0.6 is 11.8 Å². The molecule has 6 heterocycles. The number of fused-ring (bicyclic) bond motifs is 2. The van der Waals surface area contributed by atoms with Crippen LogP contribution in [-0.4, -0.2) is 63.7 Å².